The Morgan fingerprint density at radius 1 is 0.843 bits per heavy atom. The lowest BCUT2D eigenvalue weighted by Gasteiger charge is -2.40. The minimum Gasteiger partial charge on any atom is -0.356 e. The first-order valence-corrected chi connectivity index (χ1v) is 21.6. The molecule has 0 radical (unpaired) electrons. The number of quaternary nitrogens is 2. The number of allylic oxidation sites excluding steroid dienone is 2. The molecule has 1 saturated heterocycles. The predicted molar refractivity (Wildman–Crippen MR) is 219 cm³/mol. The second kappa shape index (κ2) is 21.1. The summed E-state index contributed by atoms with van der Waals surface area (Å²) < 4.78 is 6.25. The second-order valence-electron chi connectivity index (χ2n) is 14.6. The van der Waals surface area contributed by atoms with Gasteiger partial charge in [-0.1, -0.05) is 93.4 Å². The van der Waals surface area contributed by atoms with Gasteiger partial charge < -0.3 is 19.8 Å². The third-order valence-corrected chi connectivity index (χ3v) is 14.0. The average Bonchev–Trinajstić information content (AvgIpc) is 3.65. The lowest BCUT2D eigenvalue weighted by molar-refractivity contribution is -0.925. The van der Waals surface area contributed by atoms with Crippen molar-refractivity contribution in [1.29, 1.82) is 0 Å². The van der Waals surface area contributed by atoms with Crippen LogP contribution in [0.2, 0.25) is 0 Å². The lowest BCUT2D eigenvalue weighted by Crippen LogP contribution is -2.53. The lowest BCUT2D eigenvalue weighted by atomic mass is 10.00. The Hall–Kier alpha value is -2.72. The molecule has 3 heterocycles. The van der Waals surface area contributed by atoms with Gasteiger partial charge in [-0.15, -0.1) is 0 Å². The molecule has 2 aliphatic rings. The Morgan fingerprint density at radius 2 is 1.41 bits per heavy atom. The van der Waals surface area contributed by atoms with Crippen molar-refractivity contribution in [1.82, 2.24) is 4.48 Å². The zero-order chi connectivity index (χ0) is 36.5. The molecule has 0 saturated carbocycles. The van der Waals surface area contributed by atoms with E-state index in [-0.39, 0.29) is 0 Å². The SMILES string of the molecule is CC[N+](CC)(CC)CCC[n+]1c(C=C/C=C2\Sc3ccccc3[N+]23CCCCCCCCCCCCCCC3C)sc2ccccc21.O=[N+]([O-])[O-]. The zero-order valence-corrected chi connectivity index (χ0v) is 33.5. The molecule has 2 unspecified atom stereocenters. The fraction of sp³-hybridized carbons (Fsp3) is 0.595. The summed E-state index contributed by atoms with van der Waals surface area (Å²) in [6.07, 6.45) is 26.6. The highest BCUT2D eigenvalue weighted by atomic mass is 32.2. The van der Waals surface area contributed by atoms with Crippen LogP contribution in [0.25, 0.3) is 16.3 Å². The maximum Gasteiger partial charge on any atom is 0.262 e. The molecule has 280 valence electrons. The Balaban J connectivity index is 0.00000138. The van der Waals surface area contributed by atoms with Crippen LogP contribution < -0.4 is 9.05 Å². The van der Waals surface area contributed by atoms with Crippen molar-refractivity contribution in [2.75, 3.05) is 32.7 Å². The number of hydrogen-bond acceptors (Lipinski definition) is 5. The molecule has 2 aliphatic heterocycles. The van der Waals surface area contributed by atoms with E-state index in [4.69, 9.17) is 15.3 Å². The topological polar surface area (TPSA) is 70.1 Å². The van der Waals surface area contributed by atoms with Crippen LogP contribution in [-0.4, -0.2) is 48.3 Å². The molecule has 0 bridgehead atoms. The van der Waals surface area contributed by atoms with E-state index in [1.54, 1.807) is 5.69 Å². The van der Waals surface area contributed by atoms with Crippen molar-refractivity contribution in [3.8, 4) is 0 Å². The van der Waals surface area contributed by atoms with Crippen LogP contribution in [-0.2, 0) is 6.54 Å². The highest BCUT2D eigenvalue weighted by Crippen LogP contribution is 2.53. The van der Waals surface area contributed by atoms with Crippen LogP contribution in [0, 0.1) is 15.3 Å². The fourth-order valence-electron chi connectivity index (χ4n) is 8.38. The first-order valence-electron chi connectivity index (χ1n) is 19.9. The predicted octanol–water partition coefficient (Wildman–Crippen LogP) is 11.7. The zero-order valence-electron chi connectivity index (χ0n) is 31.9. The van der Waals surface area contributed by atoms with E-state index in [1.807, 2.05) is 23.1 Å². The number of benzene rings is 2. The maximum atomic E-state index is 8.25. The summed E-state index contributed by atoms with van der Waals surface area (Å²) in [4.78, 5) is 9.72. The number of nitrogens with zero attached hydrogens (tertiary/aromatic N) is 4. The van der Waals surface area contributed by atoms with Gasteiger partial charge in [-0.2, -0.15) is 4.57 Å². The van der Waals surface area contributed by atoms with Crippen LogP contribution in [0.4, 0.5) is 5.69 Å². The summed E-state index contributed by atoms with van der Waals surface area (Å²) in [5.74, 6) is 0. The summed E-state index contributed by atoms with van der Waals surface area (Å²) >= 11 is 3.99. The average molecular weight is 737 g/mol. The van der Waals surface area contributed by atoms with Crippen LogP contribution >= 0.6 is 23.1 Å². The molecule has 5 rings (SSSR count). The van der Waals surface area contributed by atoms with Gasteiger partial charge in [-0.05, 0) is 83.3 Å². The first kappa shape index (κ1) is 41.0. The van der Waals surface area contributed by atoms with Gasteiger partial charge in [-0.25, -0.2) is 4.48 Å². The monoisotopic (exact) mass is 736 g/mol. The third-order valence-electron chi connectivity index (χ3n) is 11.7. The molecule has 7 nitrogen and oxygen atoms in total. The quantitative estimate of drug-likeness (QED) is 0.0949. The Labute approximate surface area is 316 Å². The first-order chi connectivity index (χ1) is 24.8. The second-order valence-corrected chi connectivity index (χ2v) is 16.7. The molecule has 2 atom stereocenters. The van der Waals surface area contributed by atoms with Crippen LogP contribution in [0.3, 0.4) is 0 Å². The number of hydrogen-bond donors (Lipinski definition) is 0. The van der Waals surface area contributed by atoms with Crippen LogP contribution in [0.15, 0.2) is 70.6 Å². The number of para-hydroxylation sites is 2. The number of aromatic nitrogens is 1. The van der Waals surface area contributed by atoms with E-state index < -0.39 is 5.09 Å². The van der Waals surface area contributed by atoms with Gasteiger partial charge in [-0.3, -0.25) is 0 Å². The normalized spacial score (nSPS) is 21.9. The summed E-state index contributed by atoms with van der Waals surface area (Å²) in [6, 6.07) is 18.9. The van der Waals surface area contributed by atoms with E-state index in [2.05, 4.69) is 99.0 Å². The fourth-order valence-corrected chi connectivity index (χ4v) is 10.9. The maximum absolute atomic E-state index is 8.25. The van der Waals surface area contributed by atoms with Gasteiger partial charge >= 0.3 is 0 Å². The van der Waals surface area contributed by atoms with Crippen molar-refractivity contribution in [2.24, 2.45) is 0 Å². The highest BCUT2D eigenvalue weighted by Gasteiger charge is 2.47. The summed E-state index contributed by atoms with van der Waals surface area (Å²) in [5, 5.41) is 17.7. The van der Waals surface area contributed by atoms with Gasteiger partial charge in [0, 0.05) is 24.3 Å². The molecule has 0 aliphatic carbocycles. The van der Waals surface area contributed by atoms with E-state index in [0.29, 0.717) is 6.04 Å². The van der Waals surface area contributed by atoms with E-state index in [9.17, 15) is 0 Å². The number of thiazole rings is 1. The van der Waals surface area contributed by atoms with E-state index in [0.717, 1.165) is 11.0 Å². The van der Waals surface area contributed by atoms with Crippen molar-refractivity contribution in [3.05, 3.63) is 86.0 Å². The summed E-state index contributed by atoms with van der Waals surface area (Å²) in [5.41, 5.74) is 2.93. The molecular formula is C42H64N4O3S2+2. The number of fused-ring (bicyclic) bond motifs is 3. The van der Waals surface area contributed by atoms with Gasteiger partial charge in [0.2, 0.25) is 5.52 Å². The molecular weight excluding hydrogens is 673 g/mol. The molecule has 1 aromatic heterocycles. The Bertz CT molecular complexity index is 1550. The van der Waals surface area contributed by atoms with Gasteiger partial charge in [0.15, 0.2) is 17.3 Å². The number of rotatable bonds is 9. The highest BCUT2D eigenvalue weighted by molar-refractivity contribution is 8.03. The van der Waals surface area contributed by atoms with Crippen molar-refractivity contribution in [2.45, 2.75) is 135 Å². The third kappa shape index (κ3) is 11.1. The Morgan fingerprint density at radius 3 is 2.06 bits per heavy atom. The molecule has 3 aromatic rings. The molecule has 0 amide bonds. The molecule has 2 aromatic carbocycles. The molecule has 1 fully saturated rings. The Kier molecular flexibility index (Phi) is 17.0. The van der Waals surface area contributed by atoms with Crippen LogP contribution in [0.5, 0.6) is 0 Å². The van der Waals surface area contributed by atoms with Crippen molar-refractivity contribution in [3.63, 3.8) is 0 Å². The van der Waals surface area contributed by atoms with Gasteiger partial charge in [0.1, 0.15) is 4.70 Å². The van der Waals surface area contributed by atoms with Crippen LogP contribution in [0.1, 0.15) is 123 Å². The van der Waals surface area contributed by atoms with Crippen molar-refractivity contribution < 1.29 is 14.1 Å². The summed E-state index contributed by atoms with van der Waals surface area (Å²) in [6.45, 7) is 16.9. The van der Waals surface area contributed by atoms with Gasteiger partial charge in [0.25, 0.3) is 5.01 Å². The van der Waals surface area contributed by atoms with E-state index >= 15 is 0 Å². The minimum atomic E-state index is -1.75. The van der Waals surface area contributed by atoms with Crippen molar-refractivity contribution >= 4 is 45.1 Å². The molecule has 0 N–H and O–H groups in total. The number of thioether (sulfide) groups is 1. The molecule has 1 spiro atoms. The smallest absolute Gasteiger partial charge is 0.262 e. The standard InChI is InChI=1S/C42H64N3S2.NO3/c1-5-44(6-2,7-3)34-25-33-43-37-27-19-21-29-39(37)46-41(43)31-24-32-42-45(38-28-20-22-30-40(38)47-42)35-23-17-15-13-11-9-8-10-12-14-16-18-26-36(45)4;2-1(3)4/h19-22,24,27-32,36H,5-18,23,25-26,33-35H2,1-4H3;/q+3;-1/b31-24?,42-32-;. The number of aryl methyl sites for hydroxylation is 1. The molecule has 51 heavy (non-hydrogen) atoms. The largest absolute Gasteiger partial charge is 0.356 e. The van der Waals surface area contributed by atoms with Gasteiger partial charge in [0.05, 0.1) is 55.2 Å². The van der Waals surface area contributed by atoms with E-state index in [1.165, 1.54) is 152 Å². The minimum absolute atomic E-state index is 0.585. The molecule has 9 heteroatoms. The summed E-state index contributed by atoms with van der Waals surface area (Å²) in [7, 11) is 0.